The van der Waals surface area contributed by atoms with E-state index in [1.165, 1.54) is 12.1 Å². The first-order valence-corrected chi connectivity index (χ1v) is 6.86. The van der Waals surface area contributed by atoms with Crippen molar-refractivity contribution in [1.82, 2.24) is 4.98 Å². The standard InChI is InChI=1S/C11H10N4O4S/c12-10-2-1-3-11(13-10)14-20(18,19)9-6-4-8(5-7-9)15(16)17/h1-7H,(H3,12,13,14). The third-order valence-electron chi connectivity index (χ3n) is 2.37. The van der Waals surface area contributed by atoms with Gasteiger partial charge in [0.15, 0.2) is 0 Å². The van der Waals surface area contributed by atoms with E-state index in [4.69, 9.17) is 5.73 Å². The normalized spacial score (nSPS) is 11.0. The lowest BCUT2D eigenvalue weighted by Crippen LogP contribution is -2.14. The van der Waals surface area contributed by atoms with Crippen LogP contribution in [-0.2, 0) is 10.0 Å². The monoisotopic (exact) mass is 294 g/mol. The molecule has 9 heteroatoms. The Morgan fingerprint density at radius 3 is 2.35 bits per heavy atom. The molecule has 2 aromatic rings. The van der Waals surface area contributed by atoms with E-state index in [9.17, 15) is 18.5 Å². The average Bonchev–Trinajstić information content (AvgIpc) is 2.38. The molecule has 0 saturated carbocycles. The lowest BCUT2D eigenvalue weighted by molar-refractivity contribution is -0.384. The van der Waals surface area contributed by atoms with Gasteiger partial charge >= 0.3 is 0 Å². The third kappa shape index (κ3) is 3.01. The molecule has 0 aliphatic carbocycles. The number of nitrogens with one attached hydrogen (secondary N) is 1. The highest BCUT2D eigenvalue weighted by atomic mass is 32.2. The van der Waals surface area contributed by atoms with Crippen molar-refractivity contribution in [2.45, 2.75) is 4.90 Å². The first kappa shape index (κ1) is 13.7. The van der Waals surface area contributed by atoms with Gasteiger partial charge in [0.2, 0.25) is 0 Å². The van der Waals surface area contributed by atoms with Crippen LogP contribution in [0, 0.1) is 10.1 Å². The highest BCUT2D eigenvalue weighted by molar-refractivity contribution is 7.92. The Labute approximate surface area is 114 Å². The van der Waals surface area contributed by atoms with Crippen LogP contribution in [0.2, 0.25) is 0 Å². The predicted molar refractivity (Wildman–Crippen MR) is 72.6 cm³/mol. The summed E-state index contributed by atoms with van der Waals surface area (Å²) in [5, 5.41) is 10.5. The van der Waals surface area contributed by atoms with E-state index in [-0.39, 0.29) is 22.2 Å². The molecule has 20 heavy (non-hydrogen) atoms. The van der Waals surface area contributed by atoms with Crippen LogP contribution >= 0.6 is 0 Å². The SMILES string of the molecule is Nc1cccc(NS(=O)(=O)c2ccc([N+](=O)[O-])cc2)n1. The lowest BCUT2D eigenvalue weighted by Gasteiger charge is -2.07. The summed E-state index contributed by atoms with van der Waals surface area (Å²) in [5.74, 6) is 0.247. The summed E-state index contributed by atoms with van der Waals surface area (Å²) in [5.41, 5.74) is 5.26. The highest BCUT2D eigenvalue weighted by Gasteiger charge is 2.16. The number of hydrogen-bond acceptors (Lipinski definition) is 6. The maximum atomic E-state index is 12.0. The van der Waals surface area contributed by atoms with E-state index in [1.807, 2.05) is 0 Å². The summed E-state index contributed by atoms with van der Waals surface area (Å²) in [7, 11) is -3.86. The fraction of sp³-hybridized carbons (Fsp3) is 0. The number of non-ortho nitro benzene ring substituents is 1. The van der Waals surface area contributed by atoms with Crippen molar-refractivity contribution in [2.75, 3.05) is 10.5 Å². The quantitative estimate of drug-likeness (QED) is 0.647. The van der Waals surface area contributed by atoms with Crippen molar-refractivity contribution in [2.24, 2.45) is 0 Å². The van der Waals surface area contributed by atoms with Crippen LogP contribution in [-0.4, -0.2) is 18.3 Å². The number of anilines is 2. The fourth-order valence-corrected chi connectivity index (χ4v) is 2.45. The topological polar surface area (TPSA) is 128 Å². The molecule has 0 atom stereocenters. The molecule has 1 heterocycles. The van der Waals surface area contributed by atoms with Crippen molar-refractivity contribution in [1.29, 1.82) is 0 Å². The van der Waals surface area contributed by atoms with Gasteiger partial charge in [0.05, 0.1) is 9.82 Å². The number of nitro groups is 1. The van der Waals surface area contributed by atoms with Crippen molar-refractivity contribution >= 4 is 27.3 Å². The number of nitro benzene ring substituents is 1. The summed E-state index contributed by atoms with van der Waals surface area (Å²) in [4.78, 5) is 13.6. The Kier molecular flexibility index (Phi) is 3.53. The molecule has 0 aliphatic rings. The number of nitrogen functional groups attached to an aromatic ring is 1. The molecule has 0 radical (unpaired) electrons. The minimum absolute atomic E-state index is 0.0725. The van der Waals surface area contributed by atoms with Crippen LogP contribution in [0.15, 0.2) is 47.4 Å². The van der Waals surface area contributed by atoms with Gasteiger partial charge in [-0.05, 0) is 24.3 Å². The molecular weight excluding hydrogens is 284 g/mol. The zero-order valence-electron chi connectivity index (χ0n) is 10.1. The second-order valence-corrected chi connectivity index (χ2v) is 5.49. The number of hydrogen-bond donors (Lipinski definition) is 2. The molecule has 3 N–H and O–H groups in total. The molecule has 104 valence electrons. The van der Waals surface area contributed by atoms with Gasteiger partial charge in [0.1, 0.15) is 11.6 Å². The number of sulfonamides is 1. The zero-order valence-corrected chi connectivity index (χ0v) is 10.9. The van der Waals surface area contributed by atoms with Gasteiger partial charge in [-0.1, -0.05) is 6.07 Å². The van der Waals surface area contributed by atoms with Crippen LogP contribution in [0.5, 0.6) is 0 Å². The maximum absolute atomic E-state index is 12.0. The predicted octanol–water partition coefficient (Wildman–Crippen LogP) is 1.37. The van der Waals surface area contributed by atoms with Gasteiger partial charge in [-0.2, -0.15) is 0 Å². The highest BCUT2D eigenvalue weighted by Crippen LogP contribution is 2.18. The second-order valence-electron chi connectivity index (χ2n) is 3.80. The smallest absolute Gasteiger partial charge is 0.269 e. The Balaban J connectivity index is 2.28. The van der Waals surface area contributed by atoms with E-state index in [2.05, 4.69) is 9.71 Å². The van der Waals surface area contributed by atoms with Crippen LogP contribution in [0.25, 0.3) is 0 Å². The van der Waals surface area contributed by atoms with Gasteiger partial charge in [-0.15, -0.1) is 0 Å². The second kappa shape index (κ2) is 5.13. The Hall–Kier alpha value is -2.68. The number of nitrogens with two attached hydrogens (primary N) is 1. The largest absolute Gasteiger partial charge is 0.384 e. The molecule has 8 nitrogen and oxygen atoms in total. The van der Waals surface area contributed by atoms with Gasteiger partial charge in [0, 0.05) is 12.1 Å². The molecule has 2 rings (SSSR count). The van der Waals surface area contributed by atoms with E-state index in [0.717, 1.165) is 24.3 Å². The number of benzene rings is 1. The Morgan fingerprint density at radius 1 is 1.15 bits per heavy atom. The Bertz CT molecular complexity index is 743. The fourth-order valence-electron chi connectivity index (χ4n) is 1.45. The van der Waals surface area contributed by atoms with Gasteiger partial charge in [0.25, 0.3) is 15.7 Å². The molecule has 1 aromatic heterocycles. The van der Waals surface area contributed by atoms with E-state index in [0.29, 0.717) is 0 Å². The minimum atomic E-state index is -3.86. The molecule has 1 aromatic carbocycles. The average molecular weight is 294 g/mol. The molecule has 0 spiro atoms. The molecular formula is C11H10N4O4S. The Morgan fingerprint density at radius 2 is 1.80 bits per heavy atom. The van der Waals surface area contributed by atoms with Gasteiger partial charge < -0.3 is 5.73 Å². The molecule has 0 fully saturated rings. The first-order chi connectivity index (χ1) is 9.38. The van der Waals surface area contributed by atoms with Crippen molar-refractivity contribution in [3.05, 3.63) is 52.6 Å². The number of rotatable bonds is 4. The summed E-state index contributed by atoms with van der Waals surface area (Å²) >= 11 is 0. The van der Waals surface area contributed by atoms with E-state index >= 15 is 0 Å². The maximum Gasteiger partial charge on any atom is 0.269 e. The van der Waals surface area contributed by atoms with Crippen molar-refractivity contribution < 1.29 is 13.3 Å². The minimum Gasteiger partial charge on any atom is -0.384 e. The lowest BCUT2D eigenvalue weighted by atomic mass is 10.3. The van der Waals surface area contributed by atoms with Gasteiger partial charge in [-0.3, -0.25) is 14.8 Å². The van der Waals surface area contributed by atoms with Crippen LogP contribution in [0.1, 0.15) is 0 Å². The zero-order chi connectivity index (χ0) is 14.8. The summed E-state index contributed by atoms with van der Waals surface area (Å²) in [6.45, 7) is 0. The van der Waals surface area contributed by atoms with Crippen molar-refractivity contribution in [3.8, 4) is 0 Å². The summed E-state index contributed by atoms with van der Waals surface area (Å²) in [6.07, 6.45) is 0. The van der Waals surface area contributed by atoms with Gasteiger partial charge in [-0.25, -0.2) is 13.4 Å². The third-order valence-corrected chi connectivity index (χ3v) is 3.74. The van der Waals surface area contributed by atoms with Crippen LogP contribution < -0.4 is 10.5 Å². The van der Waals surface area contributed by atoms with E-state index < -0.39 is 14.9 Å². The molecule has 0 bridgehead atoms. The molecule has 0 unspecified atom stereocenters. The number of nitrogens with zero attached hydrogens (tertiary/aromatic N) is 2. The van der Waals surface area contributed by atoms with Crippen molar-refractivity contribution in [3.63, 3.8) is 0 Å². The summed E-state index contributed by atoms with van der Waals surface area (Å²) in [6, 6.07) is 9.03. The summed E-state index contributed by atoms with van der Waals surface area (Å²) < 4.78 is 26.3. The molecule has 0 amide bonds. The van der Waals surface area contributed by atoms with Crippen LogP contribution in [0.3, 0.4) is 0 Å². The van der Waals surface area contributed by atoms with Crippen LogP contribution in [0.4, 0.5) is 17.3 Å². The number of pyridine rings is 1. The first-order valence-electron chi connectivity index (χ1n) is 5.38. The number of aromatic nitrogens is 1. The molecule has 0 saturated heterocycles. The molecule has 0 aliphatic heterocycles. The van der Waals surface area contributed by atoms with E-state index in [1.54, 1.807) is 6.07 Å².